The minimum absolute atomic E-state index is 0.135. The van der Waals surface area contributed by atoms with Crippen molar-refractivity contribution in [3.63, 3.8) is 0 Å². The molecule has 2 aliphatic rings. The van der Waals surface area contributed by atoms with E-state index >= 15 is 0 Å². The van der Waals surface area contributed by atoms with Gasteiger partial charge in [0.25, 0.3) is 0 Å². The van der Waals surface area contributed by atoms with E-state index in [4.69, 9.17) is 26.1 Å². The Morgan fingerprint density at radius 3 is 2.72 bits per heavy atom. The summed E-state index contributed by atoms with van der Waals surface area (Å²) in [4.78, 5) is 22.8. The van der Waals surface area contributed by atoms with Crippen LogP contribution in [0.2, 0.25) is 0 Å². The number of benzene rings is 2. The van der Waals surface area contributed by atoms with Crippen LogP contribution in [0.5, 0.6) is 0 Å². The molecule has 3 unspecified atom stereocenters. The SMILES string of the molecule is CC(CNc1nc(Nc2ccc3ncsc3c2)nc(N2CC3CC2CN3C(=N)N)n1)c1ccccc1. The third kappa shape index (κ3) is 4.37. The lowest BCUT2D eigenvalue weighted by molar-refractivity contribution is 0.359. The summed E-state index contributed by atoms with van der Waals surface area (Å²) in [5.41, 5.74) is 10.8. The van der Waals surface area contributed by atoms with Crippen LogP contribution in [-0.4, -0.2) is 62.5 Å². The van der Waals surface area contributed by atoms with Gasteiger partial charge in [-0.2, -0.15) is 15.0 Å². The fourth-order valence-electron chi connectivity index (χ4n) is 5.04. The van der Waals surface area contributed by atoms with Crippen LogP contribution in [0, 0.1) is 5.41 Å². The quantitative estimate of drug-likeness (QED) is 0.222. The number of nitrogens with zero attached hydrogens (tertiary/aromatic N) is 6. The van der Waals surface area contributed by atoms with Gasteiger partial charge in [-0.15, -0.1) is 11.3 Å². The Balaban J connectivity index is 1.26. The highest BCUT2D eigenvalue weighted by Gasteiger charge is 2.45. The molecule has 0 radical (unpaired) electrons. The number of nitrogens with two attached hydrogens (primary N) is 1. The van der Waals surface area contributed by atoms with Gasteiger partial charge in [-0.25, -0.2) is 4.98 Å². The molecule has 2 saturated heterocycles. The number of rotatable bonds is 7. The summed E-state index contributed by atoms with van der Waals surface area (Å²) in [7, 11) is 0. The second kappa shape index (κ2) is 9.23. The predicted molar refractivity (Wildman–Crippen MR) is 144 cm³/mol. The summed E-state index contributed by atoms with van der Waals surface area (Å²) in [5, 5.41) is 14.6. The van der Waals surface area contributed by atoms with Crippen molar-refractivity contribution in [3.8, 4) is 0 Å². The molecule has 184 valence electrons. The van der Waals surface area contributed by atoms with E-state index in [1.807, 2.05) is 28.6 Å². The van der Waals surface area contributed by atoms with Crippen LogP contribution in [0.3, 0.4) is 0 Å². The van der Waals surface area contributed by atoms with Crippen molar-refractivity contribution in [2.24, 2.45) is 5.73 Å². The average Bonchev–Trinajstić information content (AvgIpc) is 3.63. The molecule has 0 spiro atoms. The lowest BCUT2D eigenvalue weighted by Crippen LogP contribution is -2.51. The van der Waals surface area contributed by atoms with Gasteiger partial charge in [0.1, 0.15) is 0 Å². The molecule has 2 aromatic heterocycles. The first-order valence-corrected chi connectivity index (χ1v) is 12.9. The molecule has 3 atom stereocenters. The van der Waals surface area contributed by atoms with Crippen LogP contribution in [0.1, 0.15) is 24.8 Å². The first-order valence-electron chi connectivity index (χ1n) is 12.1. The Kier molecular flexibility index (Phi) is 5.76. The molecule has 2 fully saturated rings. The summed E-state index contributed by atoms with van der Waals surface area (Å²) in [6.45, 7) is 4.33. The largest absolute Gasteiger partial charge is 0.370 e. The molecule has 10 nitrogen and oxygen atoms in total. The number of hydrogen-bond acceptors (Lipinski definition) is 9. The maximum absolute atomic E-state index is 7.84. The van der Waals surface area contributed by atoms with E-state index < -0.39 is 0 Å². The Morgan fingerprint density at radius 2 is 1.94 bits per heavy atom. The molecule has 0 aliphatic carbocycles. The number of nitrogens with one attached hydrogen (secondary N) is 3. The van der Waals surface area contributed by atoms with E-state index in [0.29, 0.717) is 36.9 Å². The minimum atomic E-state index is 0.135. The highest BCUT2D eigenvalue weighted by Crippen LogP contribution is 2.34. The van der Waals surface area contributed by atoms with Gasteiger partial charge in [-0.05, 0) is 36.1 Å². The van der Waals surface area contributed by atoms with Crippen LogP contribution in [0.25, 0.3) is 10.2 Å². The van der Waals surface area contributed by atoms with Crippen molar-refractivity contribution in [3.05, 3.63) is 59.6 Å². The topological polar surface area (TPSA) is 132 Å². The minimum Gasteiger partial charge on any atom is -0.370 e. The smallest absolute Gasteiger partial charge is 0.233 e. The van der Waals surface area contributed by atoms with Gasteiger partial charge in [-0.3, -0.25) is 5.41 Å². The molecule has 5 N–H and O–H groups in total. The molecule has 4 aromatic rings. The highest BCUT2D eigenvalue weighted by molar-refractivity contribution is 7.16. The van der Waals surface area contributed by atoms with Gasteiger partial charge >= 0.3 is 0 Å². The van der Waals surface area contributed by atoms with E-state index in [0.717, 1.165) is 28.9 Å². The first-order chi connectivity index (χ1) is 17.5. The number of hydrogen-bond donors (Lipinski definition) is 4. The molecule has 2 aliphatic heterocycles. The van der Waals surface area contributed by atoms with E-state index in [1.54, 1.807) is 11.3 Å². The van der Waals surface area contributed by atoms with E-state index in [-0.39, 0.29) is 18.0 Å². The zero-order chi connectivity index (χ0) is 24.6. The van der Waals surface area contributed by atoms with Crippen molar-refractivity contribution in [1.29, 1.82) is 5.41 Å². The summed E-state index contributed by atoms with van der Waals surface area (Å²) in [6.07, 6.45) is 0.948. The Bertz CT molecular complexity index is 1390. The number of likely N-dealkylation sites (tertiary alicyclic amines) is 1. The van der Waals surface area contributed by atoms with E-state index in [1.165, 1.54) is 5.56 Å². The maximum atomic E-state index is 7.84. The third-order valence-corrected chi connectivity index (χ3v) is 7.74. The monoisotopic (exact) mass is 500 g/mol. The van der Waals surface area contributed by atoms with Crippen LogP contribution in [0.15, 0.2) is 54.0 Å². The number of aromatic nitrogens is 4. The summed E-state index contributed by atoms with van der Waals surface area (Å²) < 4.78 is 1.10. The maximum Gasteiger partial charge on any atom is 0.233 e. The zero-order valence-electron chi connectivity index (χ0n) is 19.9. The average molecular weight is 501 g/mol. The highest BCUT2D eigenvalue weighted by atomic mass is 32.1. The predicted octanol–water partition coefficient (Wildman–Crippen LogP) is 3.60. The standard InChI is InChI=1S/C25H28N10S/c1-15(16-5-3-2-4-6-16)11-28-23-31-24(30-17-7-8-20-21(9-17)36-14-29-20)33-25(32-23)35-13-18-10-19(35)12-34(18)22(26)27/h2-9,14-15,18-19H,10-13H2,1H3,(H3,26,27)(H2,28,30,31,32,33). The van der Waals surface area contributed by atoms with Gasteiger partial charge in [0, 0.05) is 25.3 Å². The van der Waals surface area contributed by atoms with Gasteiger partial charge in [0.2, 0.25) is 17.8 Å². The first kappa shape index (κ1) is 22.5. The van der Waals surface area contributed by atoms with E-state index in [2.05, 4.69) is 57.8 Å². The fraction of sp³-hybridized carbons (Fsp3) is 0.320. The molecule has 0 saturated carbocycles. The Labute approximate surface area is 213 Å². The van der Waals surface area contributed by atoms with Crippen molar-refractivity contribution < 1.29 is 0 Å². The van der Waals surface area contributed by atoms with Crippen LogP contribution >= 0.6 is 11.3 Å². The number of piperazine rings is 1. The summed E-state index contributed by atoms with van der Waals surface area (Å²) in [5.74, 6) is 2.09. The van der Waals surface area contributed by atoms with Crippen molar-refractivity contribution in [2.75, 3.05) is 35.2 Å². The van der Waals surface area contributed by atoms with Gasteiger partial charge < -0.3 is 26.2 Å². The molecule has 2 bridgehead atoms. The van der Waals surface area contributed by atoms with Crippen LogP contribution in [-0.2, 0) is 0 Å². The Hall–Kier alpha value is -3.99. The number of anilines is 4. The van der Waals surface area contributed by atoms with Gasteiger partial charge in [-0.1, -0.05) is 37.3 Å². The second-order valence-corrected chi connectivity index (χ2v) is 10.3. The lowest BCUT2D eigenvalue weighted by atomic mass is 10.0. The van der Waals surface area contributed by atoms with E-state index in [9.17, 15) is 0 Å². The van der Waals surface area contributed by atoms with Crippen LogP contribution < -0.4 is 21.3 Å². The summed E-state index contributed by atoms with van der Waals surface area (Å²) in [6, 6.07) is 16.9. The summed E-state index contributed by atoms with van der Waals surface area (Å²) >= 11 is 1.60. The molecule has 2 aromatic carbocycles. The molecular weight excluding hydrogens is 472 g/mol. The number of fused-ring (bicyclic) bond motifs is 3. The molecule has 36 heavy (non-hydrogen) atoms. The third-order valence-electron chi connectivity index (χ3n) is 6.95. The van der Waals surface area contributed by atoms with Crippen molar-refractivity contribution in [2.45, 2.75) is 31.3 Å². The van der Waals surface area contributed by atoms with Crippen molar-refractivity contribution >= 4 is 51.0 Å². The molecule has 0 amide bonds. The van der Waals surface area contributed by atoms with Gasteiger partial charge in [0.15, 0.2) is 5.96 Å². The molecule has 11 heteroatoms. The van der Waals surface area contributed by atoms with Crippen molar-refractivity contribution in [1.82, 2.24) is 24.8 Å². The normalized spacial score (nSPS) is 19.6. The van der Waals surface area contributed by atoms with Crippen LogP contribution in [0.4, 0.5) is 23.5 Å². The molecule has 6 rings (SSSR count). The fourth-order valence-corrected chi connectivity index (χ4v) is 5.76. The molecular formula is C25H28N10S. The second-order valence-electron chi connectivity index (χ2n) is 9.37. The molecule has 4 heterocycles. The Morgan fingerprint density at radius 1 is 1.11 bits per heavy atom. The van der Waals surface area contributed by atoms with Gasteiger partial charge in [0.05, 0.1) is 27.8 Å². The number of thiazole rings is 1. The lowest BCUT2D eigenvalue weighted by Gasteiger charge is -2.34. The zero-order valence-corrected chi connectivity index (χ0v) is 20.7. The number of guanidine groups is 1.